The number of halogens is 3. The highest BCUT2D eigenvalue weighted by molar-refractivity contribution is 7.15. The van der Waals surface area contributed by atoms with E-state index in [1.165, 1.54) is 11.3 Å². The summed E-state index contributed by atoms with van der Waals surface area (Å²) < 4.78 is 38.1. The second-order valence-corrected chi connectivity index (χ2v) is 7.26. The number of alkyl halides is 3. The van der Waals surface area contributed by atoms with Crippen molar-refractivity contribution in [3.63, 3.8) is 0 Å². The van der Waals surface area contributed by atoms with Gasteiger partial charge in [0.15, 0.2) is 5.13 Å². The van der Waals surface area contributed by atoms with Crippen LogP contribution in [0.3, 0.4) is 0 Å². The highest BCUT2D eigenvalue weighted by Gasteiger charge is 2.36. The summed E-state index contributed by atoms with van der Waals surface area (Å²) in [4.78, 5) is 20.6. The van der Waals surface area contributed by atoms with Gasteiger partial charge in [0.05, 0.1) is 5.92 Å². The number of piperidine rings is 1. The lowest BCUT2D eigenvalue weighted by atomic mass is 9.96. The molecule has 0 radical (unpaired) electrons. The van der Waals surface area contributed by atoms with Crippen LogP contribution in [0.25, 0.3) is 0 Å². The van der Waals surface area contributed by atoms with Crippen molar-refractivity contribution >= 4 is 22.4 Å². The third-order valence-corrected chi connectivity index (χ3v) is 4.79. The summed E-state index contributed by atoms with van der Waals surface area (Å²) in [5.74, 6) is -0.763. The smallest absolute Gasteiger partial charge is 0.375 e. The number of nitrogens with zero attached hydrogens (tertiary/aromatic N) is 3. The summed E-state index contributed by atoms with van der Waals surface area (Å²) in [5, 5.41) is 0.494. The molecule has 0 spiro atoms. The molecule has 1 saturated heterocycles. The maximum atomic E-state index is 12.7. The molecule has 24 heavy (non-hydrogen) atoms. The highest BCUT2D eigenvalue weighted by Crippen LogP contribution is 2.25. The number of hydrogen-bond acceptors (Lipinski definition) is 5. The van der Waals surface area contributed by atoms with Gasteiger partial charge in [-0.2, -0.15) is 13.2 Å². The molecule has 9 heteroatoms. The van der Waals surface area contributed by atoms with Gasteiger partial charge in [-0.15, -0.1) is 11.3 Å². The van der Waals surface area contributed by atoms with Crippen molar-refractivity contribution in [2.75, 3.05) is 31.9 Å². The van der Waals surface area contributed by atoms with Crippen LogP contribution >= 0.6 is 11.3 Å². The molecule has 1 aromatic rings. The maximum Gasteiger partial charge on any atom is 0.406 e. The topological polar surface area (TPSA) is 62.5 Å². The first-order chi connectivity index (χ1) is 11.3. The molecule has 1 aliphatic heterocycles. The second kappa shape index (κ2) is 8.15. The Kier molecular flexibility index (Phi) is 6.45. The number of likely N-dealkylation sites (tertiary alicyclic amines) is 1. The molecule has 1 fully saturated rings. The van der Waals surface area contributed by atoms with E-state index < -0.39 is 12.7 Å². The van der Waals surface area contributed by atoms with E-state index in [1.807, 2.05) is 0 Å². The predicted molar refractivity (Wildman–Crippen MR) is 87.5 cm³/mol. The van der Waals surface area contributed by atoms with Crippen molar-refractivity contribution in [1.82, 2.24) is 14.8 Å². The first-order valence-electron chi connectivity index (χ1n) is 8.06. The number of thiazole rings is 1. The molecule has 1 amide bonds. The Morgan fingerprint density at radius 1 is 1.54 bits per heavy atom. The SMILES string of the molecule is CCCN(CC(F)(F)F)C(=O)C1CCCN(Cc2cnc(N)s2)C1. The molecule has 2 N–H and O–H groups in total. The second-order valence-electron chi connectivity index (χ2n) is 6.11. The van der Waals surface area contributed by atoms with Gasteiger partial charge in [-0.3, -0.25) is 9.69 Å². The predicted octanol–water partition coefficient (Wildman–Crippen LogP) is 2.74. The zero-order valence-electron chi connectivity index (χ0n) is 13.7. The Bertz CT molecular complexity index is 549. The standard InChI is InChI=1S/C15H23F3N4OS/c1-2-5-22(10-15(16,17)18)13(23)11-4-3-6-21(8-11)9-12-7-20-14(19)24-12/h7,11H,2-6,8-10H2,1H3,(H2,19,20). The highest BCUT2D eigenvalue weighted by atomic mass is 32.1. The third-order valence-electron chi connectivity index (χ3n) is 3.98. The lowest BCUT2D eigenvalue weighted by molar-refractivity contribution is -0.164. The number of hydrogen-bond donors (Lipinski definition) is 1. The van der Waals surface area contributed by atoms with Crippen LogP contribution < -0.4 is 5.73 Å². The molecule has 1 aromatic heterocycles. The van der Waals surface area contributed by atoms with E-state index in [9.17, 15) is 18.0 Å². The number of amides is 1. The van der Waals surface area contributed by atoms with Crippen LogP contribution in [0.5, 0.6) is 0 Å². The Morgan fingerprint density at radius 3 is 2.88 bits per heavy atom. The van der Waals surface area contributed by atoms with Crippen LogP contribution in [0.1, 0.15) is 31.1 Å². The van der Waals surface area contributed by atoms with Crippen molar-refractivity contribution in [2.45, 2.75) is 38.9 Å². The maximum absolute atomic E-state index is 12.7. The van der Waals surface area contributed by atoms with Gasteiger partial charge in [-0.1, -0.05) is 6.92 Å². The molecule has 1 unspecified atom stereocenters. The van der Waals surface area contributed by atoms with E-state index in [0.717, 1.165) is 22.7 Å². The van der Waals surface area contributed by atoms with Crippen molar-refractivity contribution in [3.05, 3.63) is 11.1 Å². The minimum atomic E-state index is -4.36. The zero-order chi connectivity index (χ0) is 17.7. The summed E-state index contributed by atoms with van der Waals surface area (Å²) >= 11 is 1.39. The molecule has 1 atom stereocenters. The zero-order valence-corrected chi connectivity index (χ0v) is 14.5. The van der Waals surface area contributed by atoms with Crippen LogP contribution in [0.2, 0.25) is 0 Å². The summed E-state index contributed by atoms with van der Waals surface area (Å²) in [6.45, 7) is 2.69. The average molecular weight is 364 g/mol. The summed E-state index contributed by atoms with van der Waals surface area (Å²) in [7, 11) is 0. The molecule has 0 aliphatic carbocycles. The number of nitrogen functional groups attached to an aromatic ring is 1. The monoisotopic (exact) mass is 364 g/mol. The summed E-state index contributed by atoms with van der Waals surface area (Å²) in [5.41, 5.74) is 5.61. The van der Waals surface area contributed by atoms with Gasteiger partial charge in [0.1, 0.15) is 6.54 Å². The fourth-order valence-corrected chi connectivity index (χ4v) is 3.76. The van der Waals surface area contributed by atoms with Gasteiger partial charge in [-0.05, 0) is 25.8 Å². The Hall–Kier alpha value is -1.35. The summed E-state index contributed by atoms with van der Waals surface area (Å²) in [6.07, 6.45) is -0.703. The van der Waals surface area contributed by atoms with Crippen LogP contribution in [-0.2, 0) is 11.3 Å². The normalized spacial score (nSPS) is 19.4. The molecule has 0 bridgehead atoms. The van der Waals surface area contributed by atoms with Crippen molar-refractivity contribution in [3.8, 4) is 0 Å². The summed E-state index contributed by atoms with van der Waals surface area (Å²) in [6, 6.07) is 0. The molecular weight excluding hydrogens is 341 g/mol. The number of rotatable bonds is 6. The minimum Gasteiger partial charge on any atom is -0.375 e. The van der Waals surface area contributed by atoms with Gasteiger partial charge in [0.2, 0.25) is 5.91 Å². The van der Waals surface area contributed by atoms with Gasteiger partial charge in [0.25, 0.3) is 0 Å². The third kappa shape index (κ3) is 5.62. The number of carbonyl (C=O) groups is 1. The molecule has 136 valence electrons. The van der Waals surface area contributed by atoms with Gasteiger partial charge in [-0.25, -0.2) is 4.98 Å². The average Bonchev–Trinajstić information content (AvgIpc) is 2.90. The van der Waals surface area contributed by atoms with E-state index in [-0.39, 0.29) is 18.4 Å². The quantitative estimate of drug-likeness (QED) is 0.843. The van der Waals surface area contributed by atoms with E-state index >= 15 is 0 Å². The van der Waals surface area contributed by atoms with Crippen molar-refractivity contribution in [1.29, 1.82) is 0 Å². The van der Waals surface area contributed by atoms with Gasteiger partial charge in [0, 0.05) is 30.7 Å². The fraction of sp³-hybridized carbons (Fsp3) is 0.733. The fourth-order valence-electron chi connectivity index (χ4n) is 3.03. The lowest BCUT2D eigenvalue weighted by Gasteiger charge is -2.35. The number of nitrogens with two attached hydrogens (primary N) is 1. The Labute approximate surface area is 143 Å². The van der Waals surface area contributed by atoms with Crippen LogP contribution in [-0.4, -0.2) is 53.0 Å². The van der Waals surface area contributed by atoms with Crippen molar-refractivity contribution in [2.24, 2.45) is 5.92 Å². The van der Waals surface area contributed by atoms with Crippen LogP contribution in [0.15, 0.2) is 6.20 Å². The van der Waals surface area contributed by atoms with Gasteiger partial charge >= 0.3 is 6.18 Å². The van der Waals surface area contributed by atoms with Gasteiger partial charge < -0.3 is 10.6 Å². The molecular formula is C15H23F3N4OS. The number of carbonyl (C=O) groups excluding carboxylic acids is 1. The van der Waals surface area contributed by atoms with E-state index in [0.29, 0.717) is 31.1 Å². The molecule has 1 aliphatic rings. The van der Waals surface area contributed by atoms with Crippen LogP contribution in [0.4, 0.5) is 18.3 Å². The molecule has 0 saturated carbocycles. The van der Waals surface area contributed by atoms with E-state index in [1.54, 1.807) is 13.1 Å². The molecule has 2 heterocycles. The molecule has 0 aromatic carbocycles. The molecule has 2 rings (SSSR count). The van der Waals surface area contributed by atoms with Crippen LogP contribution in [0, 0.1) is 5.92 Å². The number of aromatic nitrogens is 1. The number of anilines is 1. The molecule has 5 nitrogen and oxygen atoms in total. The Balaban J connectivity index is 1.97. The first-order valence-corrected chi connectivity index (χ1v) is 8.88. The Morgan fingerprint density at radius 2 is 2.29 bits per heavy atom. The van der Waals surface area contributed by atoms with E-state index in [2.05, 4.69) is 9.88 Å². The first kappa shape index (κ1) is 19.0. The lowest BCUT2D eigenvalue weighted by Crippen LogP contribution is -2.47. The van der Waals surface area contributed by atoms with E-state index in [4.69, 9.17) is 5.73 Å². The largest absolute Gasteiger partial charge is 0.406 e. The minimum absolute atomic E-state index is 0.139. The van der Waals surface area contributed by atoms with Crippen molar-refractivity contribution < 1.29 is 18.0 Å².